The molecule has 0 bridgehead atoms. The molecule has 0 aromatic rings. The normalized spacial score (nSPS) is 20.2. The molecule has 394 valence electrons. The molecule has 1 amide bonds. The van der Waals surface area contributed by atoms with Crippen LogP contribution in [0.5, 0.6) is 0 Å². The van der Waals surface area contributed by atoms with Crippen LogP contribution in [0.25, 0.3) is 0 Å². The smallest absolute Gasteiger partial charge is 0.249 e. The van der Waals surface area contributed by atoms with E-state index in [0.29, 0.717) is 12.8 Å². The first kappa shape index (κ1) is 63.2. The molecule has 7 N–H and O–H groups in total. The molecule has 1 fully saturated rings. The van der Waals surface area contributed by atoms with Gasteiger partial charge in [-0.05, 0) is 12.8 Å². The Bertz CT molecular complexity index is 1020. The molecule has 0 aliphatic carbocycles. The lowest BCUT2D eigenvalue weighted by Gasteiger charge is -2.40. The Hall–Kier alpha value is -0.850. The fourth-order valence-corrected chi connectivity index (χ4v) is 9.64. The zero-order valence-corrected chi connectivity index (χ0v) is 43.3. The van der Waals surface area contributed by atoms with E-state index in [4.69, 9.17) is 9.47 Å². The number of nitrogens with one attached hydrogen (secondary N) is 1. The first-order valence-corrected chi connectivity index (χ1v) is 28.8. The molecule has 66 heavy (non-hydrogen) atoms. The maximum absolute atomic E-state index is 13.1. The summed E-state index contributed by atoms with van der Waals surface area (Å²) in [6, 6.07) is -0.888. The number of aliphatic hydroxyl groups is 6. The highest BCUT2D eigenvalue weighted by Crippen LogP contribution is 2.23. The second-order valence-corrected chi connectivity index (χ2v) is 20.6. The van der Waals surface area contributed by atoms with Gasteiger partial charge in [-0.1, -0.05) is 277 Å². The van der Waals surface area contributed by atoms with Crippen molar-refractivity contribution in [1.82, 2.24) is 5.32 Å². The first-order chi connectivity index (χ1) is 32.3. The number of ether oxygens (including phenoxy) is 2. The highest BCUT2D eigenvalue weighted by Gasteiger charge is 2.44. The zero-order valence-electron chi connectivity index (χ0n) is 43.3. The predicted molar refractivity (Wildman–Crippen MR) is 274 cm³/mol. The van der Waals surface area contributed by atoms with E-state index in [9.17, 15) is 35.4 Å². The molecule has 1 saturated heterocycles. The molecule has 0 aromatic carbocycles. The molecule has 8 atom stereocenters. The van der Waals surface area contributed by atoms with Crippen LogP contribution in [-0.4, -0.2) is 98.7 Å². The van der Waals surface area contributed by atoms with Gasteiger partial charge in [0, 0.05) is 0 Å². The summed E-state index contributed by atoms with van der Waals surface area (Å²) in [7, 11) is 0. The largest absolute Gasteiger partial charge is 0.394 e. The van der Waals surface area contributed by atoms with Crippen LogP contribution in [0, 0.1) is 0 Å². The van der Waals surface area contributed by atoms with Crippen LogP contribution in [0.15, 0.2) is 0 Å². The zero-order chi connectivity index (χ0) is 48.1. The Labute approximate surface area is 407 Å². The first-order valence-electron chi connectivity index (χ1n) is 28.8. The number of carbonyl (C=O) groups excluding carboxylic acids is 1. The van der Waals surface area contributed by atoms with Crippen molar-refractivity contribution in [1.29, 1.82) is 0 Å². The van der Waals surface area contributed by atoms with E-state index < -0.39 is 61.5 Å². The van der Waals surface area contributed by atoms with E-state index in [1.165, 1.54) is 218 Å². The van der Waals surface area contributed by atoms with Crippen molar-refractivity contribution in [2.75, 3.05) is 13.2 Å². The second kappa shape index (κ2) is 46.5. The molecular weight excluding hydrogens is 831 g/mol. The summed E-state index contributed by atoms with van der Waals surface area (Å²) in [5.41, 5.74) is 0. The Morgan fingerprint density at radius 1 is 0.455 bits per heavy atom. The van der Waals surface area contributed by atoms with Crippen LogP contribution in [-0.2, 0) is 14.3 Å². The van der Waals surface area contributed by atoms with E-state index in [2.05, 4.69) is 19.2 Å². The van der Waals surface area contributed by atoms with Gasteiger partial charge in [0.05, 0.1) is 25.4 Å². The number of hydrogen-bond donors (Lipinski definition) is 7. The Kier molecular flexibility index (Phi) is 44.5. The van der Waals surface area contributed by atoms with Gasteiger partial charge in [0.15, 0.2) is 6.29 Å². The van der Waals surface area contributed by atoms with Crippen molar-refractivity contribution in [3.05, 3.63) is 0 Å². The van der Waals surface area contributed by atoms with Gasteiger partial charge in [-0.15, -0.1) is 0 Å². The Morgan fingerprint density at radius 2 is 0.758 bits per heavy atom. The van der Waals surface area contributed by atoms with E-state index in [1.54, 1.807) is 0 Å². The van der Waals surface area contributed by atoms with Crippen LogP contribution < -0.4 is 5.32 Å². The lowest BCUT2D eigenvalue weighted by atomic mass is 9.99. The highest BCUT2D eigenvalue weighted by molar-refractivity contribution is 5.80. The molecular formula is C56H111NO9. The van der Waals surface area contributed by atoms with Gasteiger partial charge in [-0.2, -0.15) is 0 Å². The third kappa shape index (κ3) is 35.3. The standard InChI is InChI=1S/C56H111NO9/c1-3-5-7-9-11-13-15-17-18-19-20-21-22-23-24-25-26-27-28-29-30-31-33-35-37-39-41-43-45-50(60)55(64)57-48(47-65-56-54(63)53(62)52(61)51(46-58)66-56)49(59)44-42-40-38-36-34-32-16-14-12-10-8-6-4-2/h48-54,56,58-63H,3-47H2,1-2H3,(H,57,64). The number of carbonyl (C=O) groups is 1. The van der Waals surface area contributed by atoms with Crippen molar-refractivity contribution in [2.24, 2.45) is 0 Å². The molecule has 1 heterocycles. The fourth-order valence-electron chi connectivity index (χ4n) is 9.64. The number of amides is 1. The van der Waals surface area contributed by atoms with Crippen LogP contribution in [0.4, 0.5) is 0 Å². The Balaban J connectivity index is 2.16. The molecule has 1 aliphatic heterocycles. The monoisotopic (exact) mass is 942 g/mol. The number of aliphatic hydroxyl groups excluding tert-OH is 6. The van der Waals surface area contributed by atoms with Crippen LogP contribution >= 0.6 is 0 Å². The summed E-state index contributed by atoms with van der Waals surface area (Å²) in [5, 5.41) is 65.1. The summed E-state index contributed by atoms with van der Waals surface area (Å²) in [4.78, 5) is 13.1. The van der Waals surface area contributed by atoms with E-state index in [1.807, 2.05) is 0 Å². The molecule has 8 unspecified atom stereocenters. The third-order valence-corrected chi connectivity index (χ3v) is 14.3. The molecule has 0 aromatic heterocycles. The second-order valence-electron chi connectivity index (χ2n) is 20.6. The average Bonchev–Trinajstić information content (AvgIpc) is 3.32. The lowest BCUT2D eigenvalue weighted by Crippen LogP contribution is -2.60. The molecule has 0 spiro atoms. The van der Waals surface area contributed by atoms with Gasteiger partial charge in [0.2, 0.25) is 5.91 Å². The molecule has 10 nitrogen and oxygen atoms in total. The van der Waals surface area contributed by atoms with Crippen molar-refractivity contribution in [2.45, 2.75) is 339 Å². The SMILES string of the molecule is CCCCCCCCCCCCCCCCCCCCCCCCCCCCCCC(O)C(=O)NC(COC1OC(CO)C(O)C(O)C1O)C(O)CCCCCCCCCCCCCCC. The highest BCUT2D eigenvalue weighted by atomic mass is 16.7. The quantitative estimate of drug-likeness (QED) is 0.0294. The molecule has 0 saturated carbocycles. The van der Waals surface area contributed by atoms with E-state index >= 15 is 0 Å². The van der Waals surface area contributed by atoms with Gasteiger partial charge in [-0.25, -0.2) is 0 Å². The lowest BCUT2D eigenvalue weighted by molar-refractivity contribution is -0.302. The molecule has 1 aliphatic rings. The van der Waals surface area contributed by atoms with Crippen molar-refractivity contribution < 1.29 is 44.9 Å². The van der Waals surface area contributed by atoms with Crippen molar-refractivity contribution in [3.8, 4) is 0 Å². The number of hydrogen-bond acceptors (Lipinski definition) is 9. The van der Waals surface area contributed by atoms with Gasteiger partial charge in [-0.3, -0.25) is 4.79 Å². The average molecular weight is 943 g/mol. The fraction of sp³-hybridized carbons (Fsp3) is 0.982. The van der Waals surface area contributed by atoms with E-state index in [0.717, 1.165) is 44.9 Å². The minimum Gasteiger partial charge on any atom is -0.394 e. The Morgan fingerprint density at radius 3 is 1.08 bits per heavy atom. The summed E-state index contributed by atoms with van der Waals surface area (Å²) in [6.45, 7) is 3.70. The maximum Gasteiger partial charge on any atom is 0.249 e. The number of rotatable bonds is 50. The van der Waals surface area contributed by atoms with Crippen LogP contribution in [0.2, 0.25) is 0 Å². The predicted octanol–water partition coefficient (Wildman–Crippen LogP) is 12.8. The van der Waals surface area contributed by atoms with E-state index in [-0.39, 0.29) is 6.61 Å². The summed E-state index contributed by atoms with van der Waals surface area (Å²) >= 11 is 0. The van der Waals surface area contributed by atoms with Gasteiger partial charge >= 0.3 is 0 Å². The summed E-state index contributed by atoms with van der Waals surface area (Å²) in [5.74, 6) is -0.577. The number of unbranched alkanes of at least 4 members (excludes halogenated alkanes) is 39. The van der Waals surface area contributed by atoms with Crippen molar-refractivity contribution >= 4 is 5.91 Å². The maximum atomic E-state index is 13.1. The minimum absolute atomic E-state index is 0.250. The molecule has 10 heteroatoms. The molecule has 0 radical (unpaired) electrons. The third-order valence-electron chi connectivity index (χ3n) is 14.3. The van der Waals surface area contributed by atoms with Gasteiger partial charge in [0.25, 0.3) is 0 Å². The molecule has 1 rings (SSSR count). The summed E-state index contributed by atoms with van der Waals surface area (Å²) < 4.78 is 11.2. The van der Waals surface area contributed by atoms with Gasteiger partial charge < -0.3 is 45.4 Å². The summed E-state index contributed by atoms with van der Waals surface area (Å²) in [6.07, 6.45) is 44.6. The van der Waals surface area contributed by atoms with Gasteiger partial charge in [0.1, 0.15) is 30.5 Å². The van der Waals surface area contributed by atoms with Crippen LogP contribution in [0.3, 0.4) is 0 Å². The van der Waals surface area contributed by atoms with Crippen molar-refractivity contribution in [3.63, 3.8) is 0 Å². The van der Waals surface area contributed by atoms with Crippen LogP contribution in [0.1, 0.15) is 290 Å². The minimum atomic E-state index is -1.59. The topological polar surface area (TPSA) is 169 Å².